The van der Waals surface area contributed by atoms with Crippen molar-refractivity contribution in [2.75, 3.05) is 7.05 Å². The van der Waals surface area contributed by atoms with Gasteiger partial charge in [0.1, 0.15) is 12.4 Å². The zero-order valence-electron chi connectivity index (χ0n) is 15.4. The molecule has 4 aromatic rings. The first-order chi connectivity index (χ1) is 13.5. The Morgan fingerprint density at radius 2 is 1.54 bits per heavy atom. The minimum atomic E-state index is -0.323. The molecule has 1 aromatic heterocycles. The third-order valence-corrected chi connectivity index (χ3v) is 4.91. The van der Waals surface area contributed by atoms with Gasteiger partial charge in [0.2, 0.25) is 5.91 Å². The number of hydrogen-bond acceptors (Lipinski definition) is 2. The molecule has 0 aliphatic rings. The minimum Gasteiger partial charge on any atom is -0.340 e. The van der Waals surface area contributed by atoms with E-state index in [2.05, 4.69) is 0 Å². The number of fused-ring (bicyclic) bond motifs is 2. The van der Waals surface area contributed by atoms with Crippen molar-refractivity contribution < 1.29 is 9.18 Å². The molecule has 0 fully saturated rings. The van der Waals surface area contributed by atoms with Crippen LogP contribution in [0.3, 0.4) is 0 Å². The highest BCUT2D eigenvalue weighted by Crippen LogP contribution is 2.19. The molecule has 4 nitrogen and oxygen atoms in total. The monoisotopic (exact) mass is 374 g/mol. The van der Waals surface area contributed by atoms with Crippen LogP contribution in [0.15, 0.2) is 77.6 Å². The maximum Gasteiger partial charge on any atom is 0.242 e. The van der Waals surface area contributed by atoms with Crippen molar-refractivity contribution >= 4 is 27.7 Å². The number of likely N-dealkylation sites (N-methyl/N-ethyl adjacent to an activating group) is 1. The number of nitrogens with zero attached hydrogens (tertiary/aromatic N) is 2. The van der Waals surface area contributed by atoms with Crippen molar-refractivity contribution in [2.24, 2.45) is 0 Å². The lowest BCUT2D eigenvalue weighted by Gasteiger charge is -2.20. The predicted molar refractivity (Wildman–Crippen MR) is 109 cm³/mol. The summed E-state index contributed by atoms with van der Waals surface area (Å²) in [6.45, 7) is 0.403. The summed E-state index contributed by atoms with van der Waals surface area (Å²) in [6.07, 6.45) is 0. The van der Waals surface area contributed by atoms with Gasteiger partial charge in [-0.05, 0) is 42.0 Å². The molecule has 28 heavy (non-hydrogen) atoms. The van der Waals surface area contributed by atoms with Crippen LogP contribution < -0.4 is 5.43 Å². The lowest BCUT2D eigenvalue weighted by atomic mass is 10.1. The molecule has 1 heterocycles. The number of halogens is 1. The SMILES string of the molecule is CN(Cc1cccc(F)c1)C(=O)Cn1c2ccccc2c(=O)c2ccccc21. The lowest BCUT2D eigenvalue weighted by Crippen LogP contribution is -2.30. The third kappa shape index (κ3) is 3.27. The number of pyridine rings is 1. The Hall–Kier alpha value is -3.47. The first-order valence-corrected chi connectivity index (χ1v) is 9.03. The van der Waals surface area contributed by atoms with Crippen LogP contribution in [0.2, 0.25) is 0 Å². The summed E-state index contributed by atoms with van der Waals surface area (Å²) in [5.41, 5.74) is 2.13. The molecule has 0 N–H and O–H groups in total. The van der Waals surface area contributed by atoms with Crippen LogP contribution in [0.5, 0.6) is 0 Å². The predicted octanol–water partition coefficient (Wildman–Crippen LogP) is 3.95. The average Bonchev–Trinajstić information content (AvgIpc) is 2.71. The summed E-state index contributed by atoms with van der Waals surface area (Å²) < 4.78 is 15.3. The van der Waals surface area contributed by atoms with Crippen LogP contribution in [0.1, 0.15) is 5.56 Å². The highest BCUT2D eigenvalue weighted by atomic mass is 19.1. The number of aromatic nitrogens is 1. The standard InChI is InChI=1S/C23H19FN2O2/c1-25(14-16-7-6-8-17(24)13-16)22(27)15-26-20-11-4-2-9-18(20)23(28)19-10-3-5-12-21(19)26/h2-13H,14-15H2,1H3. The first-order valence-electron chi connectivity index (χ1n) is 9.03. The maximum absolute atomic E-state index is 13.4. The number of carbonyl (C=O) groups excluding carboxylic acids is 1. The third-order valence-electron chi connectivity index (χ3n) is 4.91. The molecule has 0 atom stereocenters. The van der Waals surface area contributed by atoms with E-state index >= 15 is 0 Å². The van der Waals surface area contributed by atoms with E-state index in [0.29, 0.717) is 17.3 Å². The smallest absolute Gasteiger partial charge is 0.242 e. The van der Waals surface area contributed by atoms with Crippen LogP contribution in [0.25, 0.3) is 21.8 Å². The lowest BCUT2D eigenvalue weighted by molar-refractivity contribution is -0.130. The highest BCUT2D eigenvalue weighted by Gasteiger charge is 2.15. The van der Waals surface area contributed by atoms with E-state index in [1.165, 1.54) is 12.1 Å². The first kappa shape index (κ1) is 17.9. The second kappa shape index (κ2) is 7.27. The molecule has 140 valence electrons. The molecule has 4 rings (SSSR count). The van der Waals surface area contributed by atoms with Crippen molar-refractivity contribution in [2.45, 2.75) is 13.1 Å². The minimum absolute atomic E-state index is 0.0389. The second-order valence-corrected chi connectivity index (χ2v) is 6.83. The van der Waals surface area contributed by atoms with Crippen molar-refractivity contribution in [1.29, 1.82) is 0 Å². The zero-order valence-corrected chi connectivity index (χ0v) is 15.4. The van der Waals surface area contributed by atoms with E-state index in [0.717, 1.165) is 16.6 Å². The molecule has 0 bridgehead atoms. The fourth-order valence-electron chi connectivity index (χ4n) is 3.50. The molecule has 0 aliphatic heterocycles. The topological polar surface area (TPSA) is 42.3 Å². The molecule has 0 unspecified atom stereocenters. The van der Waals surface area contributed by atoms with Crippen LogP contribution in [0, 0.1) is 5.82 Å². The van der Waals surface area contributed by atoms with Crippen LogP contribution in [0.4, 0.5) is 4.39 Å². The summed E-state index contributed by atoms with van der Waals surface area (Å²) in [7, 11) is 1.69. The molecular weight excluding hydrogens is 355 g/mol. The number of para-hydroxylation sites is 2. The van der Waals surface area contributed by atoms with Gasteiger partial charge in [0.15, 0.2) is 5.43 Å². The van der Waals surface area contributed by atoms with Gasteiger partial charge >= 0.3 is 0 Å². The molecule has 5 heteroatoms. The average molecular weight is 374 g/mol. The van der Waals surface area contributed by atoms with Gasteiger partial charge < -0.3 is 9.47 Å². The van der Waals surface area contributed by atoms with E-state index in [9.17, 15) is 14.0 Å². The largest absolute Gasteiger partial charge is 0.340 e. The van der Waals surface area contributed by atoms with Gasteiger partial charge in [-0.25, -0.2) is 4.39 Å². The molecule has 0 aliphatic carbocycles. The van der Waals surface area contributed by atoms with Crippen molar-refractivity contribution in [3.8, 4) is 0 Å². The Balaban J connectivity index is 1.73. The molecule has 0 spiro atoms. The summed E-state index contributed by atoms with van der Waals surface area (Å²) >= 11 is 0. The van der Waals surface area contributed by atoms with Crippen LogP contribution >= 0.6 is 0 Å². The molecule has 0 radical (unpaired) electrons. The van der Waals surface area contributed by atoms with E-state index in [-0.39, 0.29) is 23.7 Å². The molecule has 0 saturated carbocycles. The van der Waals surface area contributed by atoms with Crippen molar-refractivity contribution in [3.63, 3.8) is 0 Å². The van der Waals surface area contributed by atoms with Gasteiger partial charge in [-0.15, -0.1) is 0 Å². The molecular formula is C23H19FN2O2. The van der Waals surface area contributed by atoms with E-state index < -0.39 is 0 Å². The number of benzene rings is 3. The maximum atomic E-state index is 13.4. The molecule has 0 saturated heterocycles. The van der Waals surface area contributed by atoms with E-state index in [1.807, 2.05) is 41.0 Å². The van der Waals surface area contributed by atoms with Gasteiger partial charge in [0.25, 0.3) is 0 Å². The second-order valence-electron chi connectivity index (χ2n) is 6.83. The Morgan fingerprint density at radius 1 is 0.929 bits per heavy atom. The highest BCUT2D eigenvalue weighted by molar-refractivity contribution is 5.94. The zero-order chi connectivity index (χ0) is 19.7. The Bertz CT molecular complexity index is 1190. The fraction of sp³-hybridized carbons (Fsp3) is 0.130. The normalized spacial score (nSPS) is 11.1. The Kier molecular flexibility index (Phi) is 4.65. The van der Waals surface area contributed by atoms with Crippen molar-refractivity contribution in [1.82, 2.24) is 9.47 Å². The van der Waals surface area contributed by atoms with Crippen LogP contribution in [-0.2, 0) is 17.9 Å². The number of carbonyl (C=O) groups is 1. The summed E-state index contributed by atoms with van der Waals surface area (Å²) in [4.78, 5) is 27.3. The Labute approximate surface area is 161 Å². The van der Waals surface area contributed by atoms with Gasteiger partial charge in [-0.3, -0.25) is 9.59 Å². The summed E-state index contributed by atoms with van der Waals surface area (Å²) in [5, 5.41) is 1.17. The molecule has 1 amide bonds. The van der Waals surface area contributed by atoms with Crippen molar-refractivity contribution in [3.05, 3.63) is 94.4 Å². The van der Waals surface area contributed by atoms with Gasteiger partial charge in [-0.1, -0.05) is 36.4 Å². The van der Waals surface area contributed by atoms with Crippen LogP contribution in [-0.4, -0.2) is 22.4 Å². The summed E-state index contributed by atoms with van der Waals surface area (Å²) in [6, 6.07) is 20.8. The number of amides is 1. The number of rotatable bonds is 4. The molecule has 3 aromatic carbocycles. The van der Waals surface area contributed by atoms with E-state index in [4.69, 9.17) is 0 Å². The Morgan fingerprint density at radius 3 is 2.14 bits per heavy atom. The fourth-order valence-corrected chi connectivity index (χ4v) is 3.50. The van der Waals surface area contributed by atoms with Gasteiger partial charge in [0.05, 0.1) is 11.0 Å². The van der Waals surface area contributed by atoms with E-state index in [1.54, 1.807) is 36.2 Å². The summed E-state index contributed by atoms with van der Waals surface area (Å²) in [5.74, 6) is -0.445. The number of hydrogen-bond donors (Lipinski definition) is 0. The van der Waals surface area contributed by atoms with Gasteiger partial charge in [-0.2, -0.15) is 0 Å². The quantitative estimate of drug-likeness (QED) is 0.508. The van der Waals surface area contributed by atoms with Gasteiger partial charge in [0, 0.05) is 24.4 Å².